The van der Waals surface area contributed by atoms with Crippen molar-refractivity contribution in [3.05, 3.63) is 28.8 Å². The number of nitrogens with one attached hydrogen (secondary N) is 3. The van der Waals surface area contributed by atoms with Gasteiger partial charge in [0.15, 0.2) is 0 Å². The summed E-state index contributed by atoms with van der Waals surface area (Å²) < 4.78 is 0. The van der Waals surface area contributed by atoms with Gasteiger partial charge >= 0.3 is 12.0 Å². The van der Waals surface area contributed by atoms with Crippen molar-refractivity contribution in [2.45, 2.75) is 45.1 Å². The van der Waals surface area contributed by atoms with Gasteiger partial charge in [-0.1, -0.05) is 18.5 Å². The fourth-order valence-electron chi connectivity index (χ4n) is 2.95. The summed E-state index contributed by atoms with van der Waals surface area (Å²) in [7, 11) is 0. The molecule has 4 N–H and O–H groups in total. The van der Waals surface area contributed by atoms with Crippen LogP contribution in [0.2, 0.25) is 5.02 Å². The fraction of sp³-hybridized carbons (Fsp3) is 0.500. The van der Waals surface area contributed by atoms with Gasteiger partial charge in [0, 0.05) is 18.3 Å². The lowest BCUT2D eigenvalue weighted by Gasteiger charge is -2.26. The number of anilines is 1. The molecule has 8 heteroatoms. The molecule has 0 spiro atoms. The molecule has 0 aromatic heterocycles. The van der Waals surface area contributed by atoms with E-state index in [1.165, 1.54) is 6.07 Å². The third-order valence-corrected chi connectivity index (χ3v) is 4.73. The number of aliphatic carboxylic acids is 1. The van der Waals surface area contributed by atoms with Gasteiger partial charge in [0.2, 0.25) is 0 Å². The number of benzene rings is 1. The van der Waals surface area contributed by atoms with Gasteiger partial charge in [-0.3, -0.25) is 9.59 Å². The third-order valence-electron chi connectivity index (χ3n) is 4.42. The molecule has 0 atom stereocenters. The lowest BCUT2D eigenvalue weighted by Crippen LogP contribution is -2.41. The second-order valence-electron chi connectivity index (χ2n) is 6.44. The predicted octanol–water partition coefficient (Wildman–Crippen LogP) is 3.24. The zero-order chi connectivity index (χ0) is 19.1. The Balaban J connectivity index is 1.86. The molecular weight excluding hydrogens is 358 g/mol. The van der Waals surface area contributed by atoms with Gasteiger partial charge < -0.3 is 21.1 Å². The summed E-state index contributed by atoms with van der Waals surface area (Å²) in [4.78, 5) is 35.0. The first-order valence-corrected chi connectivity index (χ1v) is 9.16. The number of amides is 3. The van der Waals surface area contributed by atoms with E-state index in [1.54, 1.807) is 12.1 Å². The number of carboxylic acids is 1. The minimum atomic E-state index is -0.773. The second-order valence-corrected chi connectivity index (χ2v) is 6.84. The standard InChI is InChI=1S/C18H24ClN3O4/c1-2-9-20-16(23)14-8-7-13(10-15(14)19)22-18(26)21-12-5-3-11(4-6-12)17(24)25/h7-8,10-12H,2-6,9H2,1H3,(H,20,23)(H,24,25)(H2,21,22,26). The molecule has 3 amide bonds. The van der Waals surface area contributed by atoms with Crippen LogP contribution >= 0.6 is 11.6 Å². The maximum atomic E-state index is 12.1. The Kier molecular flexibility index (Phi) is 7.26. The summed E-state index contributed by atoms with van der Waals surface area (Å²) in [5, 5.41) is 17.5. The molecule has 0 saturated heterocycles. The minimum absolute atomic E-state index is 0.0415. The topological polar surface area (TPSA) is 108 Å². The maximum absolute atomic E-state index is 12.1. The van der Waals surface area contributed by atoms with Crippen molar-refractivity contribution in [1.29, 1.82) is 0 Å². The minimum Gasteiger partial charge on any atom is -0.481 e. The van der Waals surface area contributed by atoms with Gasteiger partial charge in [0.25, 0.3) is 5.91 Å². The molecule has 1 aliphatic carbocycles. The average molecular weight is 382 g/mol. The van der Waals surface area contributed by atoms with Crippen molar-refractivity contribution in [1.82, 2.24) is 10.6 Å². The Bertz CT molecular complexity index is 672. The van der Waals surface area contributed by atoms with Crippen LogP contribution in [0.4, 0.5) is 10.5 Å². The monoisotopic (exact) mass is 381 g/mol. The molecule has 7 nitrogen and oxygen atoms in total. The van der Waals surface area contributed by atoms with Crippen molar-refractivity contribution in [3.8, 4) is 0 Å². The van der Waals surface area contributed by atoms with Gasteiger partial charge in [-0.2, -0.15) is 0 Å². The number of urea groups is 1. The number of halogens is 1. The van der Waals surface area contributed by atoms with Crippen molar-refractivity contribution in [2.75, 3.05) is 11.9 Å². The molecule has 0 unspecified atom stereocenters. The van der Waals surface area contributed by atoms with E-state index in [2.05, 4.69) is 16.0 Å². The maximum Gasteiger partial charge on any atom is 0.319 e. The van der Waals surface area contributed by atoms with E-state index in [0.717, 1.165) is 6.42 Å². The van der Waals surface area contributed by atoms with Crippen LogP contribution in [0.3, 0.4) is 0 Å². The highest BCUT2D eigenvalue weighted by Crippen LogP contribution is 2.25. The zero-order valence-corrected chi connectivity index (χ0v) is 15.4. The van der Waals surface area contributed by atoms with Crippen LogP contribution in [0.5, 0.6) is 0 Å². The average Bonchev–Trinajstić information content (AvgIpc) is 2.60. The summed E-state index contributed by atoms with van der Waals surface area (Å²) >= 11 is 6.14. The third kappa shape index (κ3) is 5.62. The van der Waals surface area contributed by atoms with Gasteiger partial charge in [-0.25, -0.2) is 4.79 Å². The Morgan fingerprint density at radius 2 is 1.88 bits per heavy atom. The SMILES string of the molecule is CCCNC(=O)c1ccc(NC(=O)NC2CCC(C(=O)O)CC2)cc1Cl. The first kappa shape index (κ1) is 20.0. The van der Waals surface area contributed by atoms with Crippen LogP contribution in [-0.2, 0) is 4.79 Å². The summed E-state index contributed by atoms with van der Waals surface area (Å²) in [6, 6.07) is 4.31. The van der Waals surface area contributed by atoms with Crippen molar-refractivity contribution in [2.24, 2.45) is 5.92 Å². The first-order chi connectivity index (χ1) is 12.4. The quantitative estimate of drug-likeness (QED) is 0.606. The van der Waals surface area contributed by atoms with Crippen LogP contribution in [0.1, 0.15) is 49.4 Å². The number of carbonyl (C=O) groups excluding carboxylic acids is 2. The molecule has 26 heavy (non-hydrogen) atoms. The lowest BCUT2D eigenvalue weighted by molar-refractivity contribution is -0.142. The summed E-state index contributed by atoms with van der Waals surface area (Å²) in [5.74, 6) is -1.34. The molecule has 2 rings (SSSR count). The van der Waals surface area contributed by atoms with E-state index in [4.69, 9.17) is 16.7 Å². The molecule has 0 radical (unpaired) electrons. The van der Waals surface area contributed by atoms with E-state index < -0.39 is 5.97 Å². The Morgan fingerprint density at radius 3 is 2.46 bits per heavy atom. The highest BCUT2D eigenvalue weighted by Gasteiger charge is 2.26. The predicted molar refractivity (Wildman–Crippen MR) is 99.6 cm³/mol. The molecule has 142 valence electrons. The number of hydrogen-bond donors (Lipinski definition) is 4. The highest BCUT2D eigenvalue weighted by atomic mass is 35.5. The molecule has 1 fully saturated rings. The molecule has 1 saturated carbocycles. The van der Waals surface area contributed by atoms with Gasteiger partial charge in [-0.15, -0.1) is 0 Å². The van der Waals surface area contributed by atoms with Gasteiger partial charge in [-0.05, 0) is 50.3 Å². The van der Waals surface area contributed by atoms with E-state index in [0.29, 0.717) is 43.5 Å². The van der Waals surface area contributed by atoms with Crippen LogP contribution < -0.4 is 16.0 Å². The normalized spacial score (nSPS) is 19.5. The Hall–Kier alpha value is -2.28. The number of rotatable bonds is 6. The molecule has 0 heterocycles. The van der Waals surface area contributed by atoms with Crippen molar-refractivity contribution in [3.63, 3.8) is 0 Å². The Morgan fingerprint density at radius 1 is 1.19 bits per heavy atom. The lowest BCUT2D eigenvalue weighted by atomic mass is 9.86. The van der Waals surface area contributed by atoms with Crippen molar-refractivity contribution >= 4 is 35.2 Å². The van der Waals surface area contributed by atoms with E-state index in [1.807, 2.05) is 6.92 Å². The van der Waals surface area contributed by atoms with E-state index >= 15 is 0 Å². The highest BCUT2D eigenvalue weighted by molar-refractivity contribution is 6.34. The first-order valence-electron chi connectivity index (χ1n) is 8.78. The van der Waals surface area contributed by atoms with E-state index in [9.17, 15) is 14.4 Å². The molecule has 0 aliphatic heterocycles. The van der Waals surface area contributed by atoms with E-state index in [-0.39, 0.29) is 28.9 Å². The summed E-state index contributed by atoms with van der Waals surface area (Å²) in [6.07, 6.45) is 3.24. The number of hydrogen-bond acceptors (Lipinski definition) is 3. The molecule has 1 aliphatic rings. The molecular formula is C18H24ClN3O4. The second kappa shape index (κ2) is 9.43. The van der Waals surface area contributed by atoms with Gasteiger partial charge in [0.1, 0.15) is 0 Å². The van der Waals surface area contributed by atoms with Crippen LogP contribution in [-0.4, -0.2) is 35.6 Å². The largest absolute Gasteiger partial charge is 0.481 e. The van der Waals surface area contributed by atoms with Crippen LogP contribution in [0.15, 0.2) is 18.2 Å². The number of carboxylic acid groups (broad SMARTS) is 1. The van der Waals surface area contributed by atoms with Crippen LogP contribution in [0.25, 0.3) is 0 Å². The fourth-order valence-corrected chi connectivity index (χ4v) is 3.21. The Labute approximate surface area is 157 Å². The molecule has 1 aromatic rings. The van der Waals surface area contributed by atoms with Crippen LogP contribution in [0, 0.1) is 5.92 Å². The van der Waals surface area contributed by atoms with Gasteiger partial charge in [0.05, 0.1) is 16.5 Å². The summed E-state index contributed by atoms with van der Waals surface area (Å²) in [5.41, 5.74) is 0.844. The molecule has 1 aromatic carbocycles. The zero-order valence-electron chi connectivity index (χ0n) is 14.7. The summed E-state index contributed by atoms with van der Waals surface area (Å²) in [6.45, 7) is 2.53. The molecule has 0 bridgehead atoms. The smallest absolute Gasteiger partial charge is 0.319 e. The number of carbonyl (C=O) groups is 3. The van der Waals surface area contributed by atoms with Crippen molar-refractivity contribution < 1.29 is 19.5 Å².